The van der Waals surface area contributed by atoms with Crippen molar-refractivity contribution in [2.24, 2.45) is 11.8 Å². The summed E-state index contributed by atoms with van der Waals surface area (Å²) in [4.78, 5) is 2.38. The molecule has 2 fully saturated rings. The molecule has 1 N–H and O–H groups in total. The van der Waals surface area contributed by atoms with Crippen molar-refractivity contribution >= 4 is 0 Å². The lowest BCUT2D eigenvalue weighted by Crippen LogP contribution is -2.39. The van der Waals surface area contributed by atoms with E-state index in [9.17, 15) is 5.11 Å². The molecule has 1 saturated carbocycles. The van der Waals surface area contributed by atoms with E-state index < -0.39 is 0 Å². The van der Waals surface area contributed by atoms with Crippen molar-refractivity contribution in [3.63, 3.8) is 0 Å². The molecule has 3 heteroatoms. The van der Waals surface area contributed by atoms with E-state index in [1.165, 1.54) is 38.5 Å². The summed E-state index contributed by atoms with van der Waals surface area (Å²) in [5.74, 6) is 1.49. The van der Waals surface area contributed by atoms with E-state index in [4.69, 9.17) is 4.74 Å². The van der Waals surface area contributed by atoms with Gasteiger partial charge in [-0.1, -0.05) is 20.3 Å². The summed E-state index contributed by atoms with van der Waals surface area (Å²) in [5.41, 5.74) is 0. The van der Waals surface area contributed by atoms with Crippen LogP contribution in [0.1, 0.15) is 52.4 Å². The highest BCUT2D eigenvalue weighted by Crippen LogP contribution is 2.30. The second-order valence-corrected chi connectivity index (χ2v) is 6.78. The van der Waals surface area contributed by atoms with E-state index in [-0.39, 0.29) is 6.10 Å². The molecule has 0 bridgehead atoms. The minimum atomic E-state index is -0.315. The van der Waals surface area contributed by atoms with Gasteiger partial charge in [0.25, 0.3) is 0 Å². The Morgan fingerprint density at radius 1 is 1.16 bits per heavy atom. The number of β-amino-alcohol motifs (C(OH)–C–C–N with tert-alkyl or cyclic N) is 1. The van der Waals surface area contributed by atoms with Gasteiger partial charge in [-0.25, -0.2) is 0 Å². The zero-order chi connectivity index (χ0) is 13.7. The molecule has 1 saturated heterocycles. The topological polar surface area (TPSA) is 32.7 Å². The number of nitrogens with zero attached hydrogens (tertiary/aromatic N) is 1. The van der Waals surface area contributed by atoms with Crippen LogP contribution < -0.4 is 0 Å². The van der Waals surface area contributed by atoms with Crippen molar-refractivity contribution in [3.8, 4) is 0 Å². The summed E-state index contributed by atoms with van der Waals surface area (Å²) in [6, 6.07) is 0. The van der Waals surface area contributed by atoms with Crippen molar-refractivity contribution in [2.75, 3.05) is 26.2 Å². The lowest BCUT2D eigenvalue weighted by atomic mass is 9.81. The summed E-state index contributed by atoms with van der Waals surface area (Å²) < 4.78 is 5.97. The molecule has 0 aromatic carbocycles. The van der Waals surface area contributed by atoms with Crippen LogP contribution in [0.3, 0.4) is 0 Å². The van der Waals surface area contributed by atoms with E-state index in [2.05, 4.69) is 18.7 Å². The Kier molecular flexibility index (Phi) is 6.11. The van der Waals surface area contributed by atoms with E-state index in [0.717, 1.165) is 25.6 Å². The summed E-state index contributed by atoms with van der Waals surface area (Å²) >= 11 is 0. The van der Waals surface area contributed by atoms with Crippen LogP contribution in [0.15, 0.2) is 0 Å². The van der Waals surface area contributed by atoms with Gasteiger partial charge in [-0.2, -0.15) is 0 Å². The lowest BCUT2D eigenvalue weighted by molar-refractivity contribution is -0.0594. The van der Waals surface area contributed by atoms with Crippen molar-refractivity contribution < 1.29 is 9.84 Å². The maximum absolute atomic E-state index is 10.1. The molecular weight excluding hydrogens is 238 g/mol. The summed E-state index contributed by atoms with van der Waals surface area (Å²) in [5, 5.41) is 10.1. The highest BCUT2D eigenvalue weighted by atomic mass is 16.5. The fourth-order valence-electron chi connectivity index (χ4n) is 3.61. The highest BCUT2D eigenvalue weighted by Gasteiger charge is 2.26. The molecule has 4 atom stereocenters. The van der Waals surface area contributed by atoms with Crippen LogP contribution in [0.5, 0.6) is 0 Å². The van der Waals surface area contributed by atoms with Crippen LogP contribution in [0, 0.1) is 11.8 Å². The number of aliphatic hydroxyl groups excluding tert-OH is 1. The molecule has 1 heterocycles. The molecule has 0 spiro atoms. The molecule has 0 aromatic heterocycles. The van der Waals surface area contributed by atoms with Gasteiger partial charge in [0.05, 0.1) is 18.8 Å². The third-order valence-corrected chi connectivity index (χ3v) is 4.77. The smallest absolute Gasteiger partial charge is 0.0900 e. The van der Waals surface area contributed by atoms with Crippen LogP contribution in [0.25, 0.3) is 0 Å². The molecule has 1 aliphatic heterocycles. The molecule has 0 radical (unpaired) electrons. The van der Waals surface area contributed by atoms with Gasteiger partial charge in [0.2, 0.25) is 0 Å². The van der Waals surface area contributed by atoms with Crippen molar-refractivity contribution in [1.82, 2.24) is 4.90 Å². The van der Waals surface area contributed by atoms with E-state index in [1.54, 1.807) is 0 Å². The quantitative estimate of drug-likeness (QED) is 0.833. The van der Waals surface area contributed by atoms with E-state index >= 15 is 0 Å². The minimum absolute atomic E-state index is 0.315. The lowest BCUT2D eigenvalue weighted by Gasteiger charge is -2.34. The second kappa shape index (κ2) is 7.61. The Morgan fingerprint density at radius 3 is 2.58 bits per heavy atom. The van der Waals surface area contributed by atoms with Crippen molar-refractivity contribution in [1.29, 1.82) is 0 Å². The van der Waals surface area contributed by atoms with E-state index in [1.807, 2.05) is 0 Å². The van der Waals surface area contributed by atoms with Gasteiger partial charge >= 0.3 is 0 Å². The Bertz CT molecular complexity index is 253. The maximum Gasteiger partial charge on any atom is 0.0900 e. The Labute approximate surface area is 118 Å². The fraction of sp³-hybridized carbons (Fsp3) is 1.00. The predicted molar refractivity (Wildman–Crippen MR) is 78.2 cm³/mol. The Hall–Kier alpha value is -0.120. The van der Waals surface area contributed by atoms with Gasteiger partial charge in [0.1, 0.15) is 0 Å². The molecule has 2 aliphatic rings. The number of hydrogen-bond donors (Lipinski definition) is 1. The predicted octanol–water partition coefficient (Wildman–Crippen LogP) is 2.67. The normalized spacial score (nSPS) is 35.2. The molecule has 112 valence electrons. The number of ether oxygens (including phenoxy) is 1. The summed E-state index contributed by atoms with van der Waals surface area (Å²) in [6.07, 6.45) is 7.68. The first-order valence-corrected chi connectivity index (χ1v) is 8.17. The highest BCUT2D eigenvalue weighted by molar-refractivity contribution is 4.77. The van der Waals surface area contributed by atoms with Gasteiger partial charge in [0.15, 0.2) is 0 Å². The standard InChI is InChI=1S/C16H31NO2/c1-13-6-7-16(14(2)10-13)19-12-15(18)11-17-8-4-3-5-9-17/h13-16,18H,3-12H2,1-2H3/t13?,14?,15-,16?/m1/s1. The monoisotopic (exact) mass is 269 g/mol. The van der Waals surface area contributed by atoms with Crippen molar-refractivity contribution in [2.45, 2.75) is 64.6 Å². The molecule has 3 nitrogen and oxygen atoms in total. The molecule has 0 aromatic rings. The largest absolute Gasteiger partial charge is 0.389 e. The average Bonchev–Trinajstić information content (AvgIpc) is 2.39. The SMILES string of the molecule is CC1CCC(OC[C@H](O)CN2CCCCC2)C(C)C1. The Morgan fingerprint density at radius 2 is 1.89 bits per heavy atom. The number of piperidine rings is 1. The molecule has 2 rings (SSSR count). The Balaban J connectivity index is 1.63. The second-order valence-electron chi connectivity index (χ2n) is 6.78. The maximum atomic E-state index is 10.1. The molecule has 3 unspecified atom stereocenters. The van der Waals surface area contributed by atoms with Gasteiger partial charge in [-0.3, -0.25) is 0 Å². The third-order valence-electron chi connectivity index (χ3n) is 4.77. The van der Waals surface area contributed by atoms with Crippen molar-refractivity contribution in [3.05, 3.63) is 0 Å². The molecule has 0 amide bonds. The first-order chi connectivity index (χ1) is 9.15. The summed E-state index contributed by atoms with van der Waals surface area (Å²) in [6.45, 7) is 8.22. The third kappa shape index (κ3) is 5.05. The number of rotatable bonds is 5. The summed E-state index contributed by atoms with van der Waals surface area (Å²) in [7, 11) is 0. The van der Waals surface area contributed by atoms with E-state index in [0.29, 0.717) is 18.6 Å². The van der Waals surface area contributed by atoms with Gasteiger partial charge < -0.3 is 14.7 Å². The van der Waals surface area contributed by atoms with Crippen LogP contribution in [0.4, 0.5) is 0 Å². The van der Waals surface area contributed by atoms with Crippen LogP contribution in [0.2, 0.25) is 0 Å². The number of aliphatic hydroxyl groups is 1. The van der Waals surface area contributed by atoms with Gasteiger partial charge in [-0.15, -0.1) is 0 Å². The van der Waals surface area contributed by atoms with Crippen LogP contribution in [-0.2, 0) is 4.74 Å². The first-order valence-electron chi connectivity index (χ1n) is 8.17. The van der Waals surface area contributed by atoms with Gasteiger partial charge in [-0.05, 0) is 57.0 Å². The zero-order valence-corrected chi connectivity index (χ0v) is 12.7. The zero-order valence-electron chi connectivity index (χ0n) is 12.7. The first kappa shape index (κ1) is 15.3. The number of hydrogen-bond acceptors (Lipinski definition) is 3. The van der Waals surface area contributed by atoms with Crippen LogP contribution >= 0.6 is 0 Å². The minimum Gasteiger partial charge on any atom is -0.389 e. The van der Waals surface area contributed by atoms with Gasteiger partial charge in [0, 0.05) is 6.54 Å². The molecule has 1 aliphatic carbocycles. The van der Waals surface area contributed by atoms with Crippen LogP contribution in [-0.4, -0.2) is 48.5 Å². The fourth-order valence-corrected chi connectivity index (χ4v) is 3.61. The molecular formula is C16H31NO2. The number of likely N-dealkylation sites (tertiary alicyclic amines) is 1. The average molecular weight is 269 g/mol. The molecule has 19 heavy (non-hydrogen) atoms.